The summed E-state index contributed by atoms with van der Waals surface area (Å²) in [4.78, 5) is 7.44. The van der Waals surface area contributed by atoms with Gasteiger partial charge in [0.15, 0.2) is 0 Å². The van der Waals surface area contributed by atoms with Crippen molar-refractivity contribution >= 4 is 5.78 Å². The smallest absolute Gasteiger partial charge is 0.255 e. The van der Waals surface area contributed by atoms with Gasteiger partial charge < -0.3 is 5.11 Å². The fourth-order valence-corrected chi connectivity index (χ4v) is 0.706. The van der Waals surface area contributed by atoms with Gasteiger partial charge in [-0.2, -0.15) is 15.1 Å². The molecule has 0 saturated carbocycles. The zero-order valence-corrected chi connectivity index (χ0v) is 4.97. The van der Waals surface area contributed by atoms with Gasteiger partial charge >= 0.3 is 0 Å². The van der Waals surface area contributed by atoms with E-state index in [1.54, 1.807) is 6.20 Å². The topological polar surface area (TPSA) is 63.3 Å². The van der Waals surface area contributed by atoms with Crippen molar-refractivity contribution in [3.05, 3.63) is 18.6 Å². The van der Waals surface area contributed by atoms with Gasteiger partial charge in [-0.05, 0) is 0 Å². The number of fused-ring (bicyclic) bond motifs is 1. The molecule has 2 heterocycles. The summed E-state index contributed by atoms with van der Waals surface area (Å²) < 4.78 is 1.47. The minimum atomic E-state index is -0.0412. The largest absolute Gasteiger partial charge is 0.493 e. The molecule has 0 aliphatic carbocycles. The first-order chi connectivity index (χ1) is 4.86. The molecule has 10 heavy (non-hydrogen) atoms. The lowest BCUT2D eigenvalue weighted by molar-refractivity contribution is 0.453. The van der Waals surface area contributed by atoms with Gasteiger partial charge in [-0.1, -0.05) is 0 Å². The summed E-state index contributed by atoms with van der Waals surface area (Å²) >= 11 is 0. The maximum atomic E-state index is 8.86. The van der Waals surface area contributed by atoms with E-state index in [1.807, 2.05) is 0 Å². The predicted molar refractivity (Wildman–Crippen MR) is 32.4 cm³/mol. The Morgan fingerprint density at radius 1 is 1.50 bits per heavy atom. The van der Waals surface area contributed by atoms with Crippen LogP contribution in [-0.4, -0.2) is 24.7 Å². The number of hydrogen-bond donors (Lipinski definition) is 1. The fourth-order valence-electron chi connectivity index (χ4n) is 0.706. The highest BCUT2D eigenvalue weighted by atomic mass is 16.3. The van der Waals surface area contributed by atoms with Crippen LogP contribution in [0.1, 0.15) is 0 Å². The van der Waals surface area contributed by atoms with Gasteiger partial charge in [-0.25, -0.2) is 4.52 Å². The molecule has 0 aliphatic heterocycles. The zero-order valence-electron chi connectivity index (χ0n) is 4.97. The second kappa shape index (κ2) is 1.66. The van der Waals surface area contributed by atoms with Gasteiger partial charge in [0.2, 0.25) is 5.88 Å². The zero-order chi connectivity index (χ0) is 6.97. The van der Waals surface area contributed by atoms with Crippen LogP contribution in [0.2, 0.25) is 0 Å². The van der Waals surface area contributed by atoms with Crippen molar-refractivity contribution in [3.63, 3.8) is 0 Å². The first-order valence-electron chi connectivity index (χ1n) is 2.71. The predicted octanol–water partition coefficient (Wildman–Crippen LogP) is -0.170. The van der Waals surface area contributed by atoms with E-state index >= 15 is 0 Å². The number of aromatic hydroxyl groups is 1. The van der Waals surface area contributed by atoms with Crippen LogP contribution in [-0.2, 0) is 0 Å². The standard InChI is InChI=1S/C5H4N4O/c10-4-1-2-9-5(8-4)6-3-7-9/h1-3H,(H,6,7,8,10). The number of aromatic nitrogens is 4. The van der Waals surface area contributed by atoms with Crippen LogP contribution in [0.3, 0.4) is 0 Å². The maximum absolute atomic E-state index is 8.86. The lowest BCUT2D eigenvalue weighted by Crippen LogP contribution is -1.88. The van der Waals surface area contributed by atoms with Gasteiger partial charge in [0.25, 0.3) is 5.78 Å². The molecule has 1 N–H and O–H groups in total. The Morgan fingerprint density at radius 2 is 2.40 bits per heavy atom. The third kappa shape index (κ3) is 0.604. The Balaban J connectivity index is 2.86. The first-order valence-corrected chi connectivity index (χ1v) is 2.71. The molecule has 0 atom stereocenters. The molecule has 5 nitrogen and oxygen atoms in total. The molecule has 0 aromatic carbocycles. The minimum absolute atomic E-state index is 0.0412. The van der Waals surface area contributed by atoms with E-state index in [0.717, 1.165) is 0 Å². The lowest BCUT2D eigenvalue weighted by Gasteiger charge is -1.89. The number of nitrogens with zero attached hydrogens (tertiary/aromatic N) is 4. The molecule has 0 radical (unpaired) electrons. The van der Waals surface area contributed by atoms with Crippen LogP contribution in [0.25, 0.3) is 5.78 Å². The molecule has 50 valence electrons. The third-order valence-electron chi connectivity index (χ3n) is 1.13. The van der Waals surface area contributed by atoms with E-state index in [0.29, 0.717) is 5.78 Å². The highest BCUT2D eigenvalue weighted by Crippen LogP contribution is 2.02. The Bertz CT molecular complexity index is 355. The van der Waals surface area contributed by atoms with E-state index in [-0.39, 0.29) is 5.88 Å². The van der Waals surface area contributed by atoms with Crippen LogP contribution in [0.15, 0.2) is 18.6 Å². The lowest BCUT2D eigenvalue weighted by atomic mass is 10.6. The number of rotatable bonds is 0. The minimum Gasteiger partial charge on any atom is -0.493 e. The fraction of sp³-hybridized carbons (Fsp3) is 0. The van der Waals surface area contributed by atoms with E-state index < -0.39 is 0 Å². The van der Waals surface area contributed by atoms with Gasteiger partial charge in [0.05, 0.1) is 0 Å². The highest BCUT2D eigenvalue weighted by molar-refractivity contribution is 5.27. The Labute approximate surface area is 56.0 Å². The SMILES string of the molecule is Oc1ccn2ncnc2n1. The maximum Gasteiger partial charge on any atom is 0.255 e. The monoisotopic (exact) mass is 136 g/mol. The second-order valence-corrected chi connectivity index (χ2v) is 1.79. The van der Waals surface area contributed by atoms with Crippen molar-refractivity contribution in [1.82, 2.24) is 19.6 Å². The summed E-state index contributed by atoms with van der Waals surface area (Å²) in [6, 6.07) is 1.45. The third-order valence-corrected chi connectivity index (χ3v) is 1.13. The molecule has 2 aromatic heterocycles. The highest BCUT2D eigenvalue weighted by Gasteiger charge is 1.95. The van der Waals surface area contributed by atoms with E-state index in [9.17, 15) is 0 Å². The van der Waals surface area contributed by atoms with E-state index in [4.69, 9.17) is 5.11 Å². The van der Waals surface area contributed by atoms with Crippen molar-refractivity contribution in [1.29, 1.82) is 0 Å². The van der Waals surface area contributed by atoms with Gasteiger partial charge in [-0.3, -0.25) is 0 Å². The molecule has 0 amide bonds. The molecule has 2 rings (SSSR count). The Kier molecular flexibility index (Phi) is 0.858. The van der Waals surface area contributed by atoms with Crippen molar-refractivity contribution in [2.75, 3.05) is 0 Å². The molecular weight excluding hydrogens is 132 g/mol. The van der Waals surface area contributed by atoms with Crippen LogP contribution in [0.4, 0.5) is 0 Å². The van der Waals surface area contributed by atoms with E-state index in [2.05, 4.69) is 15.1 Å². The van der Waals surface area contributed by atoms with Gasteiger partial charge in [0.1, 0.15) is 6.33 Å². The summed E-state index contributed by atoms with van der Waals surface area (Å²) in [5, 5.41) is 12.6. The van der Waals surface area contributed by atoms with Crippen LogP contribution in [0.5, 0.6) is 5.88 Å². The first kappa shape index (κ1) is 5.16. The van der Waals surface area contributed by atoms with Crippen molar-refractivity contribution in [2.24, 2.45) is 0 Å². The summed E-state index contributed by atoms with van der Waals surface area (Å²) in [6.07, 6.45) is 2.96. The molecular formula is C5H4N4O. The van der Waals surface area contributed by atoms with Crippen molar-refractivity contribution in [2.45, 2.75) is 0 Å². The Hall–Kier alpha value is -1.65. The molecule has 0 fully saturated rings. The van der Waals surface area contributed by atoms with Crippen LogP contribution >= 0.6 is 0 Å². The second-order valence-electron chi connectivity index (χ2n) is 1.79. The average molecular weight is 136 g/mol. The summed E-state index contributed by atoms with van der Waals surface area (Å²) in [5.41, 5.74) is 0. The van der Waals surface area contributed by atoms with Gasteiger partial charge in [0, 0.05) is 12.3 Å². The normalized spacial score (nSPS) is 10.4. The molecule has 0 aliphatic rings. The van der Waals surface area contributed by atoms with Crippen molar-refractivity contribution in [3.8, 4) is 5.88 Å². The molecule has 2 aromatic rings. The van der Waals surface area contributed by atoms with Crippen molar-refractivity contribution < 1.29 is 5.11 Å². The molecule has 0 bridgehead atoms. The Morgan fingerprint density at radius 3 is 3.30 bits per heavy atom. The van der Waals surface area contributed by atoms with Crippen LogP contribution in [0, 0.1) is 0 Å². The van der Waals surface area contributed by atoms with Gasteiger partial charge in [-0.15, -0.1) is 0 Å². The molecule has 5 heteroatoms. The number of hydrogen-bond acceptors (Lipinski definition) is 4. The molecule has 0 saturated heterocycles. The van der Waals surface area contributed by atoms with Crippen LogP contribution < -0.4 is 0 Å². The molecule has 0 spiro atoms. The summed E-state index contributed by atoms with van der Waals surface area (Å²) in [7, 11) is 0. The average Bonchev–Trinajstić information content (AvgIpc) is 2.33. The summed E-state index contributed by atoms with van der Waals surface area (Å²) in [6.45, 7) is 0. The van der Waals surface area contributed by atoms with E-state index in [1.165, 1.54) is 16.9 Å². The molecule has 0 unspecified atom stereocenters. The summed E-state index contributed by atoms with van der Waals surface area (Å²) in [5.74, 6) is 0.362. The quantitative estimate of drug-likeness (QED) is 0.546.